The largest absolute Gasteiger partial charge is 0.462 e. The Morgan fingerprint density at radius 3 is 1.08 bits per heavy atom. The fourth-order valence-electron chi connectivity index (χ4n) is 9.55. The summed E-state index contributed by atoms with van der Waals surface area (Å²) in [7, 11) is 0. The van der Waals surface area contributed by atoms with E-state index >= 15 is 0 Å². The predicted octanol–water partition coefficient (Wildman–Crippen LogP) is 18.5. The molecular weight excluding hydrogens is 815 g/mol. The summed E-state index contributed by atoms with van der Waals surface area (Å²) in [5.41, 5.74) is 0. The number of carbonyl (C=O) groups is 2. The molecule has 0 radical (unpaired) electrons. The van der Waals surface area contributed by atoms with E-state index in [1.54, 1.807) is 0 Å². The number of hydrogen-bond acceptors (Lipinski definition) is 5. The Labute approximate surface area is 412 Å². The molecule has 0 saturated carbocycles. The normalized spacial score (nSPS) is 13.1. The lowest BCUT2D eigenvalue weighted by molar-refractivity contribution is -0.151. The van der Waals surface area contributed by atoms with Gasteiger partial charge in [0.05, 0.1) is 25.2 Å². The van der Waals surface area contributed by atoms with Crippen LogP contribution in [0.3, 0.4) is 0 Å². The summed E-state index contributed by atoms with van der Waals surface area (Å²) in [4.78, 5) is 26.3. The average Bonchev–Trinajstić information content (AvgIpc) is 3.31. The van der Waals surface area contributed by atoms with E-state index in [4.69, 9.17) is 4.74 Å². The lowest BCUT2D eigenvalue weighted by Gasteiger charge is -2.24. The second-order valence-corrected chi connectivity index (χ2v) is 20.8. The maximum atomic E-state index is 13.3. The van der Waals surface area contributed by atoms with E-state index in [1.807, 2.05) is 0 Å². The molecule has 6 heteroatoms. The quantitative estimate of drug-likeness (QED) is 0.0321. The molecule has 0 fully saturated rings. The Morgan fingerprint density at radius 2 is 0.727 bits per heavy atom. The lowest BCUT2D eigenvalue weighted by Crippen LogP contribution is -2.46. The zero-order valence-corrected chi connectivity index (χ0v) is 44.9. The highest BCUT2D eigenvalue weighted by Gasteiger charge is 2.24. The van der Waals surface area contributed by atoms with Crippen molar-refractivity contribution >= 4 is 11.9 Å². The van der Waals surface area contributed by atoms with Crippen molar-refractivity contribution in [1.29, 1.82) is 0 Å². The molecule has 3 unspecified atom stereocenters. The van der Waals surface area contributed by atoms with Crippen molar-refractivity contribution in [3.63, 3.8) is 0 Å². The van der Waals surface area contributed by atoms with E-state index in [2.05, 4.69) is 38.2 Å². The highest BCUT2D eigenvalue weighted by Crippen LogP contribution is 2.19. The Kier molecular flexibility index (Phi) is 53.4. The van der Waals surface area contributed by atoms with Gasteiger partial charge >= 0.3 is 5.97 Å². The van der Waals surface area contributed by atoms with E-state index in [0.717, 1.165) is 44.9 Å². The van der Waals surface area contributed by atoms with Crippen LogP contribution in [0.25, 0.3) is 0 Å². The van der Waals surface area contributed by atoms with Gasteiger partial charge in [-0.25, -0.2) is 0 Å². The molecule has 0 aliphatic heterocycles. The van der Waals surface area contributed by atoms with Gasteiger partial charge in [0.2, 0.25) is 5.91 Å². The van der Waals surface area contributed by atoms with Crippen molar-refractivity contribution in [2.75, 3.05) is 6.61 Å². The van der Waals surface area contributed by atoms with Gasteiger partial charge in [-0.05, 0) is 51.4 Å². The van der Waals surface area contributed by atoms with Crippen molar-refractivity contribution in [2.45, 2.75) is 354 Å². The summed E-state index contributed by atoms with van der Waals surface area (Å²) < 4.78 is 5.98. The van der Waals surface area contributed by atoms with Crippen LogP contribution in [0.5, 0.6) is 0 Å². The molecule has 0 aromatic carbocycles. The molecular formula is C60H117NO5. The lowest BCUT2D eigenvalue weighted by atomic mass is 10.0. The molecule has 0 aliphatic carbocycles. The Morgan fingerprint density at radius 1 is 0.424 bits per heavy atom. The minimum atomic E-state index is -0.782. The summed E-state index contributed by atoms with van der Waals surface area (Å²) in [6, 6.07) is -0.696. The van der Waals surface area contributed by atoms with Crippen molar-refractivity contribution in [3.8, 4) is 0 Å². The Bertz CT molecular complexity index is 1000. The van der Waals surface area contributed by atoms with Crippen LogP contribution >= 0.6 is 0 Å². The van der Waals surface area contributed by atoms with E-state index in [0.29, 0.717) is 19.3 Å². The van der Waals surface area contributed by atoms with E-state index in [1.165, 1.54) is 244 Å². The number of amides is 1. The highest BCUT2D eigenvalue weighted by atomic mass is 16.5. The third kappa shape index (κ3) is 49.0. The van der Waals surface area contributed by atoms with E-state index in [9.17, 15) is 19.8 Å². The minimum Gasteiger partial charge on any atom is -0.462 e. The number of nitrogens with one attached hydrogen (secondary N) is 1. The molecule has 392 valence electrons. The van der Waals surface area contributed by atoms with Gasteiger partial charge in [0.15, 0.2) is 0 Å². The maximum absolute atomic E-state index is 13.3. The number of hydrogen-bond donors (Lipinski definition) is 3. The maximum Gasteiger partial charge on any atom is 0.306 e. The number of rotatable bonds is 55. The van der Waals surface area contributed by atoms with Crippen LogP contribution < -0.4 is 5.32 Å². The molecule has 6 nitrogen and oxygen atoms in total. The van der Waals surface area contributed by atoms with Gasteiger partial charge in [0.25, 0.3) is 0 Å². The summed E-state index contributed by atoms with van der Waals surface area (Å²) >= 11 is 0. The van der Waals surface area contributed by atoms with Gasteiger partial charge in [-0.3, -0.25) is 9.59 Å². The molecule has 0 aliphatic rings. The van der Waals surface area contributed by atoms with Crippen LogP contribution in [-0.2, 0) is 14.3 Å². The van der Waals surface area contributed by atoms with Gasteiger partial charge in [-0.15, -0.1) is 0 Å². The third-order valence-electron chi connectivity index (χ3n) is 14.1. The van der Waals surface area contributed by atoms with Gasteiger partial charge in [0.1, 0.15) is 6.10 Å². The Hall–Kier alpha value is -1.40. The summed E-state index contributed by atoms with van der Waals surface area (Å²) in [5, 5.41) is 23.9. The summed E-state index contributed by atoms with van der Waals surface area (Å²) in [5.74, 6) is -0.451. The molecule has 0 bridgehead atoms. The Balaban J connectivity index is 4.49. The fraction of sp³-hybridized carbons (Fsp3) is 0.933. The van der Waals surface area contributed by atoms with E-state index in [-0.39, 0.29) is 24.9 Å². The van der Waals surface area contributed by atoms with Crippen LogP contribution in [0.2, 0.25) is 0 Å². The number of aliphatic hydroxyl groups is 2. The minimum absolute atomic E-state index is 0.0851. The highest BCUT2D eigenvalue weighted by molar-refractivity contribution is 5.77. The number of esters is 1. The van der Waals surface area contributed by atoms with Gasteiger partial charge in [-0.2, -0.15) is 0 Å². The molecule has 0 rings (SSSR count). The average molecular weight is 933 g/mol. The first-order chi connectivity index (χ1) is 32.5. The summed E-state index contributed by atoms with van der Waals surface area (Å²) in [6.07, 6.45) is 62.8. The zero-order valence-electron chi connectivity index (χ0n) is 44.9. The molecule has 3 atom stereocenters. The molecule has 3 N–H and O–H groups in total. The molecule has 1 amide bonds. The van der Waals surface area contributed by atoms with Crippen LogP contribution in [0.4, 0.5) is 0 Å². The van der Waals surface area contributed by atoms with Crippen molar-refractivity contribution in [1.82, 2.24) is 5.32 Å². The standard InChI is InChI=1S/C60H117NO5/c1-4-7-10-13-16-19-22-25-27-29-30-31-33-35-38-41-44-47-50-53-60(65)66-56(51-48-45-42-39-36-34-32-28-26-23-20-17-14-11-8-5-2)54-59(64)61-57(55-62)58(63)52-49-46-43-40-37-24-21-18-15-12-9-6-3/h25,27,56-58,62-63H,4-24,26,28-55H2,1-3H3,(H,61,64)/b27-25+. The van der Waals surface area contributed by atoms with Crippen LogP contribution in [0, 0.1) is 0 Å². The molecule has 0 spiro atoms. The van der Waals surface area contributed by atoms with Crippen molar-refractivity contribution < 1.29 is 24.5 Å². The SMILES string of the molecule is CCCCCCCC/C=C/CCCCCCCCCCCC(=O)OC(CCCCCCCCCCCCCCCCCC)CC(=O)NC(CO)C(O)CCCCCCCCCCCCCC. The van der Waals surface area contributed by atoms with Gasteiger partial charge in [-0.1, -0.05) is 283 Å². The molecule has 66 heavy (non-hydrogen) atoms. The van der Waals surface area contributed by atoms with Crippen LogP contribution in [-0.4, -0.2) is 46.9 Å². The molecule has 0 aromatic heterocycles. The molecule has 0 saturated heterocycles. The number of allylic oxidation sites excluding steroid dienone is 2. The van der Waals surface area contributed by atoms with Gasteiger partial charge < -0.3 is 20.3 Å². The second-order valence-electron chi connectivity index (χ2n) is 20.8. The zero-order chi connectivity index (χ0) is 48.1. The first-order valence-corrected chi connectivity index (χ1v) is 29.9. The molecule has 0 aromatic rings. The van der Waals surface area contributed by atoms with Gasteiger partial charge in [0, 0.05) is 6.42 Å². The van der Waals surface area contributed by atoms with Crippen LogP contribution in [0.15, 0.2) is 12.2 Å². The first-order valence-electron chi connectivity index (χ1n) is 29.9. The fourth-order valence-corrected chi connectivity index (χ4v) is 9.55. The van der Waals surface area contributed by atoms with E-state index < -0.39 is 18.2 Å². The molecule has 0 heterocycles. The third-order valence-corrected chi connectivity index (χ3v) is 14.1. The first kappa shape index (κ1) is 64.6. The smallest absolute Gasteiger partial charge is 0.306 e. The number of aliphatic hydroxyl groups excluding tert-OH is 2. The summed E-state index contributed by atoms with van der Waals surface area (Å²) in [6.45, 7) is 6.53. The number of unbranched alkanes of at least 4 members (excludes halogenated alkanes) is 41. The van der Waals surface area contributed by atoms with Crippen LogP contribution in [0.1, 0.15) is 335 Å². The van der Waals surface area contributed by atoms with Crippen molar-refractivity contribution in [2.24, 2.45) is 0 Å². The predicted molar refractivity (Wildman–Crippen MR) is 287 cm³/mol. The second kappa shape index (κ2) is 54.5. The van der Waals surface area contributed by atoms with Crippen molar-refractivity contribution in [3.05, 3.63) is 12.2 Å². The topological polar surface area (TPSA) is 95.9 Å². The number of ether oxygens (including phenoxy) is 1. The monoisotopic (exact) mass is 932 g/mol. The number of carbonyl (C=O) groups excluding carboxylic acids is 2.